The molecule has 2 saturated carbocycles. The first-order valence-electron chi connectivity index (χ1n) is 5.07. The van der Waals surface area contributed by atoms with Crippen molar-refractivity contribution in [3.8, 4) is 0 Å². The number of fused-ring (bicyclic) bond motifs is 1. The molecule has 12 heavy (non-hydrogen) atoms. The Labute approximate surface area is 74.9 Å². The summed E-state index contributed by atoms with van der Waals surface area (Å²) in [5.41, 5.74) is 5.85. The van der Waals surface area contributed by atoms with Gasteiger partial charge in [-0.1, -0.05) is 0 Å². The number of rotatable bonds is 3. The van der Waals surface area contributed by atoms with E-state index in [-0.39, 0.29) is 5.54 Å². The van der Waals surface area contributed by atoms with E-state index in [1.807, 2.05) is 0 Å². The Kier molecular flexibility index (Phi) is 1.92. The highest BCUT2D eigenvalue weighted by molar-refractivity contribution is 4.99. The summed E-state index contributed by atoms with van der Waals surface area (Å²) in [5, 5.41) is 3.56. The van der Waals surface area contributed by atoms with Crippen molar-refractivity contribution in [3.05, 3.63) is 0 Å². The summed E-state index contributed by atoms with van der Waals surface area (Å²) in [4.78, 5) is 0. The van der Waals surface area contributed by atoms with Gasteiger partial charge in [-0.2, -0.15) is 0 Å². The smallest absolute Gasteiger partial charge is 0.0223 e. The summed E-state index contributed by atoms with van der Waals surface area (Å²) in [6.07, 6.45) is 4.31. The van der Waals surface area contributed by atoms with E-state index in [9.17, 15) is 0 Å². The SMILES string of the molecule is CC(C)(N)CNC1CC2CC2C1. The normalized spacial score (nSPS) is 39.8. The van der Waals surface area contributed by atoms with Crippen LogP contribution in [0.4, 0.5) is 0 Å². The van der Waals surface area contributed by atoms with Crippen molar-refractivity contribution in [2.24, 2.45) is 17.6 Å². The molecule has 0 aromatic carbocycles. The number of nitrogens with one attached hydrogen (secondary N) is 1. The lowest BCUT2D eigenvalue weighted by Gasteiger charge is -2.23. The fourth-order valence-electron chi connectivity index (χ4n) is 2.29. The average Bonchev–Trinajstić information content (AvgIpc) is 2.54. The minimum atomic E-state index is -0.0488. The van der Waals surface area contributed by atoms with Crippen molar-refractivity contribution in [1.82, 2.24) is 5.32 Å². The van der Waals surface area contributed by atoms with E-state index in [0.29, 0.717) is 0 Å². The molecule has 2 atom stereocenters. The van der Waals surface area contributed by atoms with Crippen LogP contribution in [0.15, 0.2) is 0 Å². The highest BCUT2D eigenvalue weighted by Gasteiger charge is 2.45. The Balaban J connectivity index is 1.68. The molecule has 0 aliphatic heterocycles. The van der Waals surface area contributed by atoms with E-state index in [1.165, 1.54) is 19.3 Å². The van der Waals surface area contributed by atoms with Gasteiger partial charge in [-0.25, -0.2) is 0 Å². The lowest BCUT2D eigenvalue weighted by Crippen LogP contribution is -2.46. The zero-order valence-corrected chi connectivity index (χ0v) is 8.14. The van der Waals surface area contributed by atoms with Crippen molar-refractivity contribution in [2.75, 3.05) is 6.54 Å². The van der Waals surface area contributed by atoms with E-state index in [0.717, 1.165) is 24.4 Å². The highest BCUT2D eigenvalue weighted by Crippen LogP contribution is 2.51. The van der Waals surface area contributed by atoms with Gasteiger partial charge in [0.15, 0.2) is 0 Å². The van der Waals surface area contributed by atoms with Crippen molar-refractivity contribution in [2.45, 2.75) is 44.7 Å². The van der Waals surface area contributed by atoms with E-state index in [1.54, 1.807) is 0 Å². The molecule has 0 spiro atoms. The molecule has 0 aromatic rings. The maximum absolute atomic E-state index is 5.90. The van der Waals surface area contributed by atoms with Gasteiger partial charge < -0.3 is 11.1 Å². The van der Waals surface area contributed by atoms with Crippen LogP contribution in [0.3, 0.4) is 0 Å². The van der Waals surface area contributed by atoms with Gasteiger partial charge in [-0.15, -0.1) is 0 Å². The van der Waals surface area contributed by atoms with Crippen LogP contribution in [0.25, 0.3) is 0 Å². The third-order valence-electron chi connectivity index (χ3n) is 3.09. The fourth-order valence-corrected chi connectivity index (χ4v) is 2.29. The fraction of sp³-hybridized carbons (Fsp3) is 1.00. The second kappa shape index (κ2) is 2.71. The van der Waals surface area contributed by atoms with Gasteiger partial charge in [0.2, 0.25) is 0 Å². The van der Waals surface area contributed by atoms with Crippen LogP contribution < -0.4 is 11.1 Å². The van der Waals surface area contributed by atoms with Crippen LogP contribution in [-0.4, -0.2) is 18.1 Å². The van der Waals surface area contributed by atoms with Crippen LogP contribution >= 0.6 is 0 Å². The largest absolute Gasteiger partial charge is 0.324 e. The van der Waals surface area contributed by atoms with Crippen molar-refractivity contribution in [3.63, 3.8) is 0 Å². The molecule has 3 N–H and O–H groups in total. The van der Waals surface area contributed by atoms with E-state index in [4.69, 9.17) is 5.73 Å². The van der Waals surface area contributed by atoms with Gasteiger partial charge in [0, 0.05) is 18.1 Å². The van der Waals surface area contributed by atoms with Crippen LogP contribution in [-0.2, 0) is 0 Å². The Morgan fingerprint density at radius 1 is 1.25 bits per heavy atom. The Morgan fingerprint density at radius 2 is 1.83 bits per heavy atom. The molecule has 2 heteroatoms. The summed E-state index contributed by atoms with van der Waals surface area (Å²) >= 11 is 0. The number of hydrogen-bond acceptors (Lipinski definition) is 2. The van der Waals surface area contributed by atoms with Crippen molar-refractivity contribution < 1.29 is 0 Å². The van der Waals surface area contributed by atoms with Gasteiger partial charge in [0.05, 0.1) is 0 Å². The molecule has 70 valence electrons. The van der Waals surface area contributed by atoms with Crippen molar-refractivity contribution in [1.29, 1.82) is 0 Å². The van der Waals surface area contributed by atoms with E-state index < -0.39 is 0 Å². The molecule has 0 heterocycles. The summed E-state index contributed by atoms with van der Waals surface area (Å²) < 4.78 is 0. The summed E-state index contributed by atoms with van der Waals surface area (Å²) in [6.45, 7) is 5.11. The van der Waals surface area contributed by atoms with Gasteiger partial charge in [0.25, 0.3) is 0 Å². The molecule has 2 aliphatic carbocycles. The van der Waals surface area contributed by atoms with Crippen LogP contribution in [0.5, 0.6) is 0 Å². The Hall–Kier alpha value is -0.0800. The molecule has 0 bridgehead atoms. The lowest BCUT2D eigenvalue weighted by molar-refractivity contribution is 0.402. The minimum absolute atomic E-state index is 0.0488. The topological polar surface area (TPSA) is 38.0 Å². The monoisotopic (exact) mass is 168 g/mol. The lowest BCUT2D eigenvalue weighted by atomic mass is 10.1. The molecule has 2 fully saturated rings. The molecule has 0 amide bonds. The van der Waals surface area contributed by atoms with Crippen molar-refractivity contribution >= 4 is 0 Å². The van der Waals surface area contributed by atoms with Gasteiger partial charge >= 0.3 is 0 Å². The molecular weight excluding hydrogens is 148 g/mol. The third-order valence-corrected chi connectivity index (χ3v) is 3.09. The van der Waals surface area contributed by atoms with E-state index >= 15 is 0 Å². The Bertz CT molecular complexity index is 161. The predicted molar refractivity (Wildman–Crippen MR) is 50.9 cm³/mol. The molecular formula is C10H20N2. The summed E-state index contributed by atoms with van der Waals surface area (Å²) in [6, 6.07) is 0.775. The zero-order valence-electron chi connectivity index (χ0n) is 8.14. The Morgan fingerprint density at radius 3 is 2.33 bits per heavy atom. The van der Waals surface area contributed by atoms with Crippen LogP contribution in [0.2, 0.25) is 0 Å². The van der Waals surface area contributed by atoms with Crippen LogP contribution in [0, 0.1) is 11.8 Å². The predicted octanol–water partition coefficient (Wildman–Crippen LogP) is 1.11. The zero-order chi connectivity index (χ0) is 8.77. The number of hydrogen-bond donors (Lipinski definition) is 2. The molecule has 0 aromatic heterocycles. The van der Waals surface area contributed by atoms with Crippen LogP contribution in [0.1, 0.15) is 33.1 Å². The second-order valence-corrected chi connectivity index (χ2v) is 5.29. The van der Waals surface area contributed by atoms with Gasteiger partial charge in [0.1, 0.15) is 0 Å². The highest BCUT2D eigenvalue weighted by atomic mass is 15.0. The summed E-state index contributed by atoms with van der Waals surface area (Å²) in [7, 11) is 0. The first-order chi connectivity index (χ1) is 5.54. The first kappa shape index (κ1) is 8.52. The molecule has 0 saturated heterocycles. The third kappa shape index (κ3) is 1.99. The molecule has 0 radical (unpaired) electrons. The van der Waals surface area contributed by atoms with Gasteiger partial charge in [-0.3, -0.25) is 0 Å². The second-order valence-electron chi connectivity index (χ2n) is 5.29. The minimum Gasteiger partial charge on any atom is -0.324 e. The number of nitrogens with two attached hydrogens (primary N) is 1. The van der Waals surface area contributed by atoms with Gasteiger partial charge in [-0.05, 0) is 44.9 Å². The van der Waals surface area contributed by atoms with E-state index in [2.05, 4.69) is 19.2 Å². The quantitative estimate of drug-likeness (QED) is 0.662. The maximum Gasteiger partial charge on any atom is 0.0223 e. The standard InChI is InChI=1S/C10H20N2/c1-10(2,11)6-12-9-4-7-3-8(7)5-9/h7-9,12H,3-6,11H2,1-2H3. The molecule has 2 aliphatic rings. The molecule has 2 unspecified atom stereocenters. The average molecular weight is 168 g/mol. The molecule has 2 nitrogen and oxygen atoms in total. The summed E-state index contributed by atoms with van der Waals surface area (Å²) in [5.74, 6) is 2.15. The first-order valence-corrected chi connectivity index (χ1v) is 5.07. The maximum atomic E-state index is 5.90. The molecule has 2 rings (SSSR count).